The van der Waals surface area contributed by atoms with E-state index in [2.05, 4.69) is 0 Å². The first kappa shape index (κ1) is 11.1. The van der Waals surface area contributed by atoms with E-state index in [-0.39, 0.29) is 18.0 Å². The number of hydrogen-bond donors (Lipinski definition) is 0. The zero-order valence-corrected chi connectivity index (χ0v) is 9.79. The SMILES string of the molecule is CC1=C[C@H](O/C=C2/C(=O)O[C@@H]3C=CC[C@H]23)OC1=O. The van der Waals surface area contributed by atoms with E-state index in [1.165, 1.54) is 6.26 Å². The van der Waals surface area contributed by atoms with E-state index in [4.69, 9.17) is 14.2 Å². The molecule has 1 aliphatic carbocycles. The molecule has 0 unspecified atom stereocenters. The fourth-order valence-corrected chi connectivity index (χ4v) is 2.24. The average Bonchev–Trinajstić information content (AvgIpc) is 2.94. The summed E-state index contributed by atoms with van der Waals surface area (Å²) < 4.78 is 15.4. The second-order valence-electron chi connectivity index (χ2n) is 4.47. The zero-order valence-electron chi connectivity index (χ0n) is 9.79. The van der Waals surface area contributed by atoms with Gasteiger partial charge in [-0.1, -0.05) is 6.08 Å². The quantitative estimate of drug-likeness (QED) is 0.318. The highest BCUT2D eigenvalue weighted by Gasteiger charge is 2.40. The maximum Gasteiger partial charge on any atom is 0.338 e. The van der Waals surface area contributed by atoms with Crippen molar-refractivity contribution < 1.29 is 23.8 Å². The highest BCUT2D eigenvalue weighted by atomic mass is 16.7. The summed E-state index contributed by atoms with van der Waals surface area (Å²) in [6.45, 7) is 1.65. The minimum Gasteiger partial charge on any atom is -0.458 e. The van der Waals surface area contributed by atoms with E-state index in [0.29, 0.717) is 11.1 Å². The lowest BCUT2D eigenvalue weighted by atomic mass is 9.99. The smallest absolute Gasteiger partial charge is 0.338 e. The maximum absolute atomic E-state index is 11.6. The third-order valence-electron chi connectivity index (χ3n) is 3.25. The van der Waals surface area contributed by atoms with E-state index >= 15 is 0 Å². The second kappa shape index (κ2) is 4.01. The van der Waals surface area contributed by atoms with E-state index < -0.39 is 12.3 Å². The van der Waals surface area contributed by atoms with Crippen LogP contribution in [0.4, 0.5) is 0 Å². The summed E-state index contributed by atoms with van der Waals surface area (Å²) in [5, 5.41) is 0. The summed E-state index contributed by atoms with van der Waals surface area (Å²) in [5.41, 5.74) is 1.01. The van der Waals surface area contributed by atoms with Crippen LogP contribution in [-0.4, -0.2) is 24.3 Å². The largest absolute Gasteiger partial charge is 0.458 e. The lowest BCUT2D eigenvalue weighted by Gasteiger charge is -2.09. The fraction of sp³-hybridized carbons (Fsp3) is 0.385. The summed E-state index contributed by atoms with van der Waals surface area (Å²) in [6, 6.07) is 0. The molecular formula is C13H12O5. The molecule has 0 amide bonds. The van der Waals surface area contributed by atoms with Crippen molar-refractivity contribution in [2.45, 2.75) is 25.7 Å². The number of hydrogen-bond acceptors (Lipinski definition) is 5. The Balaban J connectivity index is 1.70. The van der Waals surface area contributed by atoms with Crippen LogP contribution in [0.5, 0.6) is 0 Å². The van der Waals surface area contributed by atoms with Gasteiger partial charge in [0.05, 0.1) is 11.8 Å². The molecule has 0 radical (unpaired) electrons. The highest BCUT2D eigenvalue weighted by Crippen LogP contribution is 2.36. The van der Waals surface area contributed by atoms with Crippen molar-refractivity contribution in [1.29, 1.82) is 0 Å². The van der Waals surface area contributed by atoms with Crippen molar-refractivity contribution in [2.24, 2.45) is 5.92 Å². The summed E-state index contributed by atoms with van der Waals surface area (Å²) in [5.74, 6) is -0.730. The molecule has 0 N–H and O–H groups in total. The van der Waals surface area contributed by atoms with Crippen molar-refractivity contribution >= 4 is 11.9 Å². The number of cyclic esters (lactones) is 1. The Morgan fingerprint density at radius 3 is 2.89 bits per heavy atom. The first-order chi connectivity index (χ1) is 8.65. The first-order valence-corrected chi connectivity index (χ1v) is 5.78. The fourth-order valence-electron chi connectivity index (χ4n) is 2.24. The highest BCUT2D eigenvalue weighted by molar-refractivity contribution is 5.92. The van der Waals surface area contributed by atoms with E-state index in [1.807, 2.05) is 12.2 Å². The number of carbonyl (C=O) groups excluding carboxylic acids is 2. The van der Waals surface area contributed by atoms with Crippen LogP contribution in [0.25, 0.3) is 0 Å². The van der Waals surface area contributed by atoms with Gasteiger partial charge < -0.3 is 14.2 Å². The Bertz CT molecular complexity index is 500. The van der Waals surface area contributed by atoms with Crippen LogP contribution >= 0.6 is 0 Å². The van der Waals surface area contributed by atoms with Crippen molar-refractivity contribution in [2.75, 3.05) is 0 Å². The molecule has 5 heteroatoms. The van der Waals surface area contributed by atoms with E-state index in [1.54, 1.807) is 13.0 Å². The van der Waals surface area contributed by atoms with Crippen molar-refractivity contribution in [3.63, 3.8) is 0 Å². The zero-order chi connectivity index (χ0) is 12.7. The summed E-state index contributed by atoms with van der Waals surface area (Å²) in [6.07, 6.45) is 6.64. The van der Waals surface area contributed by atoms with Gasteiger partial charge in [-0.05, 0) is 19.4 Å². The summed E-state index contributed by atoms with van der Waals surface area (Å²) in [7, 11) is 0. The van der Waals surface area contributed by atoms with Crippen LogP contribution in [0.15, 0.2) is 35.6 Å². The maximum atomic E-state index is 11.6. The molecule has 3 rings (SSSR count). The van der Waals surface area contributed by atoms with Crippen LogP contribution in [0, 0.1) is 5.92 Å². The molecule has 0 aromatic heterocycles. The molecule has 18 heavy (non-hydrogen) atoms. The molecule has 0 aromatic carbocycles. The molecule has 0 bridgehead atoms. The lowest BCUT2D eigenvalue weighted by molar-refractivity contribution is -0.152. The average molecular weight is 248 g/mol. The molecule has 2 aliphatic heterocycles. The molecule has 0 aromatic rings. The standard InChI is InChI=1S/C13H12O5/c1-7-5-11(18-12(7)14)16-6-9-8-3-2-4-10(8)17-13(9)15/h2,4-6,8,10-11H,3H2,1H3/b9-6+/t8-,10-,11-/m1/s1. The normalized spacial score (nSPS) is 35.5. The van der Waals surface area contributed by atoms with Crippen LogP contribution in [-0.2, 0) is 23.8 Å². The predicted molar refractivity (Wildman–Crippen MR) is 59.9 cm³/mol. The number of rotatable bonds is 2. The Morgan fingerprint density at radius 2 is 2.17 bits per heavy atom. The minimum absolute atomic E-state index is 0.0275. The van der Waals surface area contributed by atoms with Gasteiger partial charge in [0.15, 0.2) is 0 Å². The van der Waals surface area contributed by atoms with Gasteiger partial charge in [0, 0.05) is 17.6 Å². The van der Waals surface area contributed by atoms with Gasteiger partial charge in [0.1, 0.15) is 6.10 Å². The molecule has 94 valence electrons. The first-order valence-electron chi connectivity index (χ1n) is 5.78. The van der Waals surface area contributed by atoms with Gasteiger partial charge in [-0.25, -0.2) is 9.59 Å². The molecule has 3 atom stereocenters. The molecular weight excluding hydrogens is 236 g/mol. The molecule has 0 saturated carbocycles. The van der Waals surface area contributed by atoms with Gasteiger partial charge in [-0.15, -0.1) is 0 Å². The summed E-state index contributed by atoms with van der Waals surface area (Å²) in [4.78, 5) is 22.7. The van der Waals surface area contributed by atoms with Gasteiger partial charge in [-0.2, -0.15) is 0 Å². The summed E-state index contributed by atoms with van der Waals surface area (Å²) >= 11 is 0. The number of esters is 2. The Morgan fingerprint density at radius 1 is 1.33 bits per heavy atom. The lowest BCUT2D eigenvalue weighted by Crippen LogP contribution is -2.12. The second-order valence-corrected chi connectivity index (χ2v) is 4.47. The van der Waals surface area contributed by atoms with Crippen LogP contribution < -0.4 is 0 Å². The molecule has 5 nitrogen and oxygen atoms in total. The van der Waals surface area contributed by atoms with E-state index in [0.717, 1.165) is 6.42 Å². The Kier molecular flexibility index (Phi) is 2.47. The Hall–Kier alpha value is -2.04. The minimum atomic E-state index is -0.744. The third kappa shape index (κ3) is 1.72. The Labute approximate surface area is 104 Å². The van der Waals surface area contributed by atoms with Crippen LogP contribution in [0.3, 0.4) is 0 Å². The molecule has 0 spiro atoms. The van der Waals surface area contributed by atoms with Gasteiger partial charge in [0.25, 0.3) is 6.29 Å². The number of allylic oxidation sites excluding steroid dienone is 1. The van der Waals surface area contributed by atoms with Crippen molar-refractivity contribution in [3.8, 4) is 0 Å². The van der Waals surface area contributed by atoms with Crippen LogP contribution in [0.1, 0.15) is 13.3 Å². The predicted octanol–water partition coefficient (Wildman–Crippen LogP) is 1.22. The topological polar surface area (TPSA) is 61.8 Å². The van der Waals surface area contributed by atoms with Crippen LogP contribution in [0.2, 0.25) is 0 Å². The number of ether oxygens (including phenoxy) is 3. The van der Waals surface area contributed by atoms with Crippen molar-refractivity contribution in [1.82, 2.24) is 0 Å². The molecule has 1 fully saturated rings. The monoisotopic (exact) mass is 248 g/mol. The number of carbonyl (C=O) groups is 2. The van der Waals surface area contributed by atoms with Gasteiger partial charge >= 0.3 is 11.9 Å². The van der Waals surface area contributed by atoms with Gasteiger partial charge in [0.2, 0.25) is 0 Å². The third-order valence-corrected chi connectivity index (χ3v) is 3.25. The number of fused-ring (bicyclic) bond motifs is 1. The molecule has 2 heterocycles. The van der Waals surface area contributed by atoms with Gasteiger partial charge in [-0.3, -0.25) is 0 Å². The van der Waals surface area contributed by atoms with E-state index in [9.17, 15) is 9.59 Å². The van der Waals surface area contributed by atoms with Crippen molar-refractivity contribution in [3.05, 3.63) is 35.6 Å². The molecule has 3 aliphatic rings. The molecule has 1 saturated heterocycles.